The third-order valence-electron chi connectivity index (χ3n) is 3.16. The second-order valence-electron chi connectivity index (χ2n) is 4.47. The molecule has 1 rings (SSSR count). The fourth-order valence-corrected chi connectivity index (χ4v) is 2.05. The van der Waals surface area contributed by atoms with Gasteiger partial charge in [0.25, 0.3) is 0 Å². The minimum Gasteiger partial charge on any atom is -0.395 e. The molecule has 0 aromatic heterocycles. The average Bonchev–Trinajstić information content (AvgIpc) is 2.28. The monoisotopic (exact) mass is 216 g/mol. The Morgan fingerprint density at radius 3 is 2.67 bits per heavy atom. The van der Waals surface area contributed by atoms with Crippen molar-refractivity contribution in [2.75, 3.05) is 40.0 Å². The quantitative estimate of drug-likeness (QED) is 0.659. The molecule has 0 aromatic carbocycles. The Hall–Kier alpha value is -0.160. The lowest BCUT2D eigenvalue weighted by Crippen LogP contribution is -2.38. The maximum absolute atomic E-state index is 8.82. The van der Waals surface area contributed by atoms with Gasteiger partial charge >= 0.3 is 0 Å². The van der Waals surface area contributed by atoms with Crippen molar-refractivity contribution < 1.29 is 9.84 Å². The van der Waals surface area contributed by atoms with Gasteiger partial charge in [-0.05, 0) is 44.8 Å². The van der Waals surface area contributed by atoms with Gasteiger partial charge in [-0.1, -0.05) is 0 Å². The van der Waals surface area contributed by atoms with E-state index < -0.39 is 0 Å². The lowest BCUT2D eigenvalue weighted by Gasteiger charge is -2.32. The SMILES string of the molecule is COCC1CCN(CCC(N)CO)CC1. The molecule has 1 atom stereocenters. The number of methoxy groups -OCH3 is 1. The number of aliphatic hydroxyl groups is 1. The number of likely N-dealkylation sites (tertiary alicyclic amines) is 1. The van der Waals surface area contributed by atoms with Crippen molar-refractivity contribution in [2.45, 2.75) is 25.3 Å². The van der Waals surface area contributed by atoms with Crippen molar-refractivity contribution in [1.82, 2.24) is 4.90 Å². The van der Waals surface area contributed by atoms with Crippen molar-refractivity contribution in [1.29, 1.82) is 0 Å². The fourth-order valence-electron chi connectivity index (χ4n) is 2.05. The molecule has 3 N–H and O–H groups in total. The van der Waals surface area contributed by atoms with Crippen LogP contribution in [0, 0.1) is 5.92 Å². The lowest BCUT2D eigenvalue weighted by atomic mass is 9.97. The molecule has 1 unspecified atom stereocenters. The highest BCUT2D eigenvalue weighted by molar-refractivity contribution is 4.73. The molecule has 0 spiro atoms. The molecule has 90 valence electrons. The first-order chi connectivity index (χ1) is 7.26. The van der Waals surface area contributed by atoms with Gasteiger partial charge in [0.1, 0.15) is 0 Å². The molecule has 0 saturated carbocycles. The predicted octanol–water partition coefficient (Wildman–Crippen LogP) is 0.0545. The summed E-state index contributed by atoms with van der Waals surface area (Å²) < 4.78 is 5.16. The Balaban J connectivity index is 2.09. The normalized spacial score (nSPS) is 21.8. The van der Waals surface area contributed by atoms with Crippen LogP contribution in [0.15, 0.2) is 0 Å². The van der Waals surface area contributed by atoms with Gasteiger partial charge in [0.05, 0.1) is 6.61 Å². The van der Waals surface area contributed by atoms with Crippen LogP contribution in [0.4, 0.5) is 0 Å². The topological polar surface area (TPSA) is 58.7 Å². The van der Waals surface area contributed by atoms with E-state index in [1.54, 1.807) is 7.11 Å². The highest BCUT2D eigenvalue weighted by atomic mass is 16.5. The molecule has 0 amide bonds. The van der Waals surface area contributed by atoms with E-state index in [1.807, 2.05) is 0 Å². The molecule has 0 bridgehead atoms. The van der Waals surface area contributed by atoms with E-state index in [2.05, 4.69) is 4.90 Å². The largest absolute Gasteiger partial charge is 0.395 e. The predicted molar refractivity (Wildman–Crippen MR) is 60.7 cm³/mol. The first-order valence-electron chi connectivity index (χ1n) is 5.84. The van der Waals surface area contributed by atoms with Gasteiger partial charge in [-0.25, -0.2) is 0 Å². The number of nitrogens with two attached hydrogens (primary N) is 1. The van der Waals surface area contributed by atoms with Gasteiger partial charge < -0.3 is 20.5 Å². The molecule has 0 aromatic rings. The van der Waals surface area contributed by atoms with Crippen LogP contribution in [0.2, 0.25) is 0 Å². The highest BCUT2D eigenvalue weighted by Gasteiger charge is 2.18. The van der Waals surface area contributed by atoms with Crippen LogP contribution in [0.5, 0.6) is 0 Å². The Morgan fingerprint density at radius 2 is 2.13 bits per heavy atom. The van der Waals surface area contributed by atoms with Crippen LogP contribution in [0.25, 0.3) is 0 Å². The van der Waals surface area contributed by atoms with Crippen LogP contribution in [-0.4, -0.2) is 56.0 Å². The minimum atomic E-state index is -0.0540. The zero-order valence-corrected chi connectivity index (χ0v) is 9.69. The van der Waals surface area contributed by atoms with E-state index >= 15 is 0 Å². The summed E-state index contributed by atoms with van der Waals surface area (Å²) in [5.74, 6) is 0.734. The number of piperidine rings is 1. The Kier molecular flexibility index (Phi) is 6.17. The van der Waals surface area contributed by atoms with Gasteiger partial charge in [0.2, 0.25) is 0 Å². The maximum atomic E-state index is 8.82. The molecule has 4 nitrogen and oxygen atoms in total. The summed E-state index contributed by atoms with van der Waals surface area (Å²) in [5.41, 5.74) is 5.67. The average molecular weight is 216 g/mol. The van der Waals surface area contributed by atoms with E-state index in [0.717, 1.165) is 38.6 Å². The zero-order chi connectivity index (χ0) is 11.1. The standard InChI is InChI=1S/C11H24N2O2/c1-15-9-10-2-5-13(6-3-10)7-4-11(12)8-14/h10-11,14H,2-9,12H2,1H3. The first-order valence-corrected chi connectivity index (χ1v) is 5.84. The van der Waals surface area contributed by atoms with Crippen molar-refractivity contribution in [3.63, 3.8) is 0 Å². The molecule has 15 heavy (non-hydrogen) atoms. The molecule has 1 heterocycles. The van der Waals surface area contributed by atoms with Crippen molar-refractivity contribution >= 4 is 0 Å². The minimum absolute atomic E-state index is 0.0540. The first kappa shape index (κ1) is 12.9. The highest BCUT2D eigenvalue weighted by Crippen LogP contribution is 2.17. The molecular formula is C11H24N2O2. The third-order valence-corrected chi connectivity index (χ3v) is 3.16. The van der Waals surface area contributed by atoms with E-state index in [-0.39, 0.29) is 12.6 Å². The molecule has 4 heteroatoms. The second kappa shape index (κ2) is 7.17. The summed E-state index contributed by atoms with van der Waals surface area (Å²) in [6, 6.07) is -0.0540. The third kappa shape index (κ3) is 4.93. The van der Waals surface area contributed by atoms with Gasteiger partial charge in [-0.15, -0.1) is 0 Å². The number of aliphatic hydroxyl groups excluding tert-OH is 1. The van der Waals surface area contributed by atoms with Crippen molar-refractivity contribution in [2.24, 2.45) is 11.7 Å². The number of nitrogens with zero attached hydrogens (tertiary/aromatic N) is 1. The van der Waals surface area contributed by atoms with Crippen LogP contribution >= 0.6 is 0 Å². The summed E-state index contributed by atoms with van der Waals surface area (Å²) >= 11 is 0. The Labute approximate surface area is 92.4 Å². The van der Waals surface area contributed by atoms with Crippen LogP contribution in [0.1, 0.15) is 19.3 Å². The second-order valence-corrected chi connectivity index (χ2v) is 4.47. The van der Waals surface area contributed by atoms with Crippen LogP contribution in [0.3, 0.4) is 0 Å². The number of ether oxygens (including phenoxy) is 1. The molecule has 1 fully saturated rings. The Bertz CT molecular complexity index is 159. The molecular weight excluding hydrogens is 192 g/mol. The number of rotatable bonds is 6. The van der Waals surface area contributed by atoms with Gasteiger partial charge in [0.15, 0.2) is 0 Å². The summed E-state index contributed by atoms with van der Waals surface area (Å²) in [7, 11) is 1.77. The van der Waals surface area contributed by atoms with E-state index in [9.17, 15) is 0 Å². The smallest absolute Gasteiger partial charge is 0.0583 e. The van der Waals surface area contributed by atoms with Gasteiger partial charge in [-0.2, -0.15) is 0 Å². The van der Waals surface area contributed by atoms with Crippen molar-refractivity contribution in [3.8, 4) is 0 Å². The Morgan fingerprint density at radius 1 is 1.47 bits per heavy atom. The molecule has 0 radical (unpaired) electrons. The van der Waals surface area contributed by atoms with E-state index in [1.165, 1.54) is 12.8 Å². The van der Waals surface area contributed by atoms with Crippen LogP contribution in [-0.2, 0) is 4.74 Å². The number of hydrogen-bond acceptors (Lipinski definition) is 4. The summed E-state index contributed by atoms with van der Waals surface area (Å²) in [4.78, 5) is 2.43. The van der Waals surface area contributed by atoms with Crippen LogP contribution < -0.4 is 5.73 Å². The lowest BCUT2D eigenvalue weighted by molar-refractivity contribution is 0.0971. The molecule has 1 aliphatic rings. The van der Waals surface area contributed by atoms with E-state index in [4.69, 9.17) is 15.6 Å². The maximum Gasteiger partial charge on any atom is 0.0583 e. The van der Waals surface area contributed by atoms with Crippen molar-refractivity contribution in [3.05, 3.63) is 0 Å². The summed E-state index contributed by atoms with van der Waals surface area (Å²) in [6.07, 6.45) is 3.34. The fraction of sp³-hybridized carbons (Fsp3) is 1.00. The summed E-state index contributed by atoms with van der Waals surface area (Å²) in [6.45, 7) is 4.30. The van der Waals surface area contributed by atoms with E-state index in [0.29, 0.717) is 0 Å². The summed E-state index contributed by atoms with van der Waals surface area (Å²) in [5, 5.41) is 8.82. The molecule has 1 saturated heterocycles. The van der Waals surface area contributed by atoms with Gasteiger partial charge in [0, 0.05) is 19.8 Å². The molecule has 0 aliphatic carbocycles. The number of hydrogen-bond donors (Lipinski definition) is 2. The molecule has 1 aliphatic heterocycles. The zero-order valence-electron chi connectivity index (χ0n) is 9.69. The van der Waals surface area contributed by atoms with Gasteiger partial charge in [-0.3, -0.25) is 0 Å².